The Hall–Kier alpha value is -1.36. The summed E-state index contributed by atoms with van der Waals surface area (Å²) in [4.78, 5) is 4.35. The smallest absolute Gasteiger partial charge is 0.295 e. The number of para-hydroxylation sites is 1. The second-order valence-corrected chi connectivity index (χ2v) is 5.24. The molecule has 0 aliphatic heterocycles. The quantitative estimate of drug-likeness (QED) is 0.800. The lowest BCUT2D eigenvalue weighted by Gasteiger charge is -2.10. The maximum absolute atomic E-state index is 5.83. The van der Waals surface area contributed by atoms with Gasteiger partial charge in [0.25, 0.3) is 6.01 Å². The Morgan fingerprint density at radius 1 is 1.53 bits per heavy atom. The van der Waals surface area contributed by atoms with Gasteiger partial charge in [-0.15, -0.1) is 0 Å². The van der Waals surface area contributed by atoms with Gasteiger partial charge < -0.3 is 15.5 Å². The number of nitrogens with zero attached hydrogens (tertiary/aromatic N) is 1. The first kappa shape index (κ1) is 12.1. The molecule has 5 heteroatoms. The summed E-state index contributed by atoms with van der Waals surface area (Å²) >= 11 is 1.89. The van der Waals surface area contributed by atoms with E-state index in [0.717, 1.165) is 22.6 Å². The van der Waals surface area contributed by atoms with Crippen molar-refractivity contribution in [3.05, 3.63) is 18.2 Å². The van der Waals surface area contributed by atoms with Crippen molar-refractivity contribution in [2.75, 3.05) is 22.6 Å². The van der Waals surface area contributed by atoms with Crippen molar-refractivity contribution >= 4 is 34.6 Å². The van der Waals surface area contributed by atoms with Gasteiger partial charge in [0, 0.05) is 11.8 Å². The van der Waals surface area contributed by atoms with Crippen LogP contribution < -0.4 is 11.1 Å². The Kier molecular flexibility index (Phi) is 3.78. The second kappa shape index (κ2) is 5.31. The molecule has 92 valence electrons. The lowest BCUT2D eigenvalue weighted by molar-refractivity contribution is 0.606. The Balaban J connectivity index is 2.11. The molecule has 1 aromatic heterocycles. The number of oxazole rings is 1. The van der Waals surface area contributed by atoms with Gasteiger partial charge in [0.15, 0.2) is 5.58 Å². The third-order valence-electron chi connectivity index (χ3n) is 2.39. The summed E-state index contributed by atoms with van der Waals surface area (Å²) < 4.78 is 5.59. The number of fused-ring (bicyclic) bond motifs is 1. The van der Waals surface area contributed by atoms with Crippen molar-refractivity contribution in [3.8, 4) is 0 Å². The number of hydrogen-bond donors (Lipinski definition) is 2. The van der Waals surface area contributed by atoms with Gasteiger partial charge in [0.05, 0.1) is 5.69 Å². The second-order valence-electron chi connectivity index (χ2n) is 3.92. The minimum absolute atomic E-state index is 0.328. The van der Waals surface area contributed by atoms with Crippen molar-refractivity contribution in [2.45, 2.75) is 19.9 Å². The fourth-order valence-electron chi connectivity index (χ4n) is 1.58. The molecule has 0 aliphatic rings. The summed E-state index contributed by atoms with van der Waals surface area (Å²) in [6.45, 7) is 4.26. The number of hydrogen-bond acceptors (Lipinski definition) is 5. The van der Waals surface area contributed by atoms with Gasteiger partial charge in [0.2, 0.25) is 0 Å². The number of nitrogens with one attached hydrogen (secondary N) is 1. The van der Waals surface area contributed by atoms with Gasteiger partial charge in [0.1, 0.15) is 5.52 Å². The zero-order valence-electron chi connectivity index (χ0n) is 10.1. The van der Waals surface area contributed by atoms with E-state index in [1.807, 2.05) is 30.0 Å². The lowest BCUT2D eigenvalue weighted by atomic mass is 10.3. The molecule has 17 heavy (non-hydrogen) atoms. The Bertz CT molecular complexity index is 497. The van der Waals surface area contributed by atoms with E-state index in [2.05, 4.69) is 24.1 Å². The first-order chi connectivity index (χ1) is 8.20. The first-order valence-corrected chi connectivity index (χ1v) is 6.85. The van der Waals surface area contributed by atoms with Crippen molar-refractivity contribution in [1.82, 2.24) is 4.98 Å². The molecular weight excluding hydrogens is 234 g/mol. The molecule has 0 fully saturated rings. The Morgan fingerprint density at radius 3 is 3.06 bits per heavy atom. The van der Waals surface area contributed by atoms with Gasteiger partial charge in [-0.3, -0.25) is 0 Å². The molecule has 0 saturated heterocycles. The summed E-state index contributed by atoms with van der Waals surface area (Å²) in [7, 11) is 0. The summed E-state index contributed by atoms with van der Waals surface area (Å²) in [5.41, 5.74) is 7.93. The monoisotopic (exact) mass is 251 g/mol. The van der Waals surface area contributed by atoms with Crippen LogP contribution in [0.5, 0.6) is 0 Å². The normalized spacial score (nSPS) is 12.8. The van der Waals surface area contributed by atoms with E-state index in [1.54, 1.807) is 0 Å². The molecule has 2 aromatic rings. The minimum Gasteiger partial charge on any atom is -0.423 e. The molecule has 2 rings (SSSR count). The summed E-state index contributed by atoms with van der Waals surface area (Å²) in [6, 6.07) is 6.43. The highest BCUT2D eigenvalue weighted by Crippen LogP contribution is 2.24. The van der Waals surface area contributed by atoms with E-state index < -0.39 is 0 Å². The fourth-order valence-corrected chi connectivity index (χ4v) is 2.25. The molecule has 0 amide bonds. The number of rotatable bonds is 5. The molecule has 1 heterocycles. The molecule has 0 bridgehead atoms. The average Bonchev–Trinajstić information content (AvgIpc) is 2.70. The highest BCUT2D eigenvalue weighted by molar-refractivity contribution is 7.99. The maximum Gasteiger partial charge on any atom is 0.295 e. The van der Waals surface area contributed by atoms with Crippen molar-refractivity contribution in [3.63, 3.8) is 0 Å². The van der Waals surface area contributed by atoms with Gasteiger partial charge >= 0.3 is 0 Å². The summed E-state index contributed by atoms with van der Waals surface area (Å²) in [6.07, 6.45) is 0. The standard InChI is InChI=1S/C12H17N3OS/c1-3-17-7-8(2)14-12-15-11-9(13)5-4-6-10(11)16-12/h4-6,8H,3,7,13H2,1-2H3,(H,14,15). The zero-order chi connectivity index (χ0) is 12.3. The van der Waals surface area contributed by atoms with Gasteiger partial charge in [-0.25, -0.2) is 0 Å². The van der Waals surface area contributed by atoms with Crippen LogP contribution in [0.25, 0.3) is 11.1 Å². The van der Waals surface area contributed by atoms with E-state index in [1.165, 1.54) is 0 Å². The number of anilines is 2. The van der Waals surface area contributed by atoms with Crippen LogP contribution >= 0.6 is 11.8 Å². The minimum atomic E-state index is 0.328. The van der Waals surface area contributed by atoms with E-state index >= 15 is 0 Å². The highest BCUT2D eigenvalue weighted by atomic mass is 32.2. The van der Waals surface area contributed by atoms with Crippen LogP contribution in [0.15, 0.2) is 22.6 Å². The SMILES string of the molecule is CCSCC(C)Nc1nc2c(N)cccc2o1. The third kappa shape index (κ3) is 2.85. The van der Waals surface area contributed by atoms with Crippen LogP contribution in [0.4, 0.5) is 11.7 Å². The first-order valence-electron chi connectivity index (χ1n) is 5.70. The van der Waals surface area contributed by atoms with Crippen LogP contribution in [0.3, 0.4) is 0 Å². The van der Waals surface area contributed by atoms with Crippen molar-refractivity contribution in [2.24, 2.45) is 0 Å². The number of thioether (sulfide) groups is 1. The van der Waals surface area contributed by atoms with Gasteiger partial charge in [-0.2, -0.15) is 16.7 Å². The van der Waals surface area contributed by atoms with Crippen molar-refractivity contribution < 1.29 is 4.42 Å². The van der Waals surface area contributed by atoms with Gasteiger partial charge in [-0.05, 0) is 24.8 Å². The molecule has 0 saturated carbocycles. The number of benzene rings is 1. The highest BCUT2D eigenvalue weighted by Gasteiger charge is 2.10. The average molecular weight is 251 g/mol. The van der Waals surface area contributed by atoms with Crippen LogP contribution in [0, 0.1) is 0 Å². The number of nitrogen functional groups attached to an aromatic ring is 1. The molecule has 3 N–H and O–H groups in total. The van der Waals surface area contributed by atoms with E-state index in [4.69, 9.17) is 10.2 Å². The van der Waals surface area contributed by atoms with Gasteiger partial charge in [-0.1, -0.05) is 13.0 Å². The van der Waals surface area contributed by atoms with Crippen molar-refractivity contribution in [1.29, 1.82) is 0 Å². The predicted molar refractivity (Wildman–Crippen MR) is 74.5 cm³/mol. The van der Waals surface area contributed by atoms with E-state index in [0.29, 0.717) is 17.7 Å². The summed E-state index contributed by atoms with van der Waals surface area (Å²) in [5, 5.41) is 3.24. The maximum atomic E-state index is 5.83. The largest absolute Gasteiger partial charge is 0.423 e. The molecular formula is C12H17N3OS. The molecule has 0 radical (unpaired) electrons. The predicted octanol–water partition coefficient (Wildman–Crippen LogP) is 2.96. The van der Waals surface area contributed by atoms with Crippen LogP contribution in [0.1, 0.15) is 13.8 Å². The number of nitrogens with two attached hydrogens (primary N) is 1. The van der Waals surface area contributed by atoms with Crippen LogP contribution in [0.2, 0.25) is 0 Å². The third-order valence-corrected chi connectivity index (χ3v) is 3.54. The van der Waals surface area contributed by atoms with Crippen LogP contribution in [-0.4, -0.2) is 22.5 Å². The topological polar surface area (TPSA) is 64.1 Å². The molecule has 1 unspecified atom stereocenters. The van der Waals surface area contributed by atoms with E-state index in [-0.39, 0.29) is 0 Å². The zero-order valence-corrected chi connectivity index (χ0v) is 10.9. The van der Waals surface area contributed by atoms with E-state index in [9.17, 15) is 0 Å². The number of aromatic nitrogens is 1. The lowest BCUT2D eigenvalue weighted by Crippen LogP contribution is -2.18. The molecule has 0 aliphatic carbocycles. The van der Waals surface area contributed by atoms with Crippen LogP contribution in [-0.2, 0) is 0 Å². The Morgan fingerprint density at radius 2 is 2.35 bits per heavy atom. The molecule has 1 atom stereocenters. The molecule has 0 spiro atoms. The Labute approximate surface area is 105 Å². The fraction of sp³-hybridized carbons (Fsp3) is 0.417. The molecule has 1 aromatic carbocycles. The molecule has 4 nitrogen and oxygen atoms in total. The summed E-state index contributed by atoms with van der Waals surface area (Å²) in [5.74, 6) is 2.15.